The highest BCUT2D eigenvalue weighted by molar-refractivity contribution is 5.51. The highest BCUT2D eigenvalue weighted by atomic mass is 16.5. The Kier molecular flexibility index (Phi) is 3.55. The van der Waals surface area contributed by atoms with Gasteiger partial charge in [-0.2, -0.15) is 5.10 Å². The molecule has 0 radical (unpaired) electrons. The molecule has 0 amide bonds. The third kappa shape index (κ3) is 2.47. The first-order chi connectivity index (χ1) is 8.61. The van der Waals surface area contributed by atoms with E-state index in [0.29, 0.717) is 0 Å². The van der Waals surface area contributed by atoms with Gasteiger partial charge < -0.3 is 10.1 Å². The number of hydrogen-bond donors (Lipinski definition) is 1. The summed E-state index contributed by atoms with van der Waals surface area (Å²) < 4.78 is 7.14. The van der Waals surface area contributed by atoms with Gasteiger partial charge >= 0.3 is 0 Å². The van der Waals surface area contributed by atoms with E-state index in [4.69, 9.17) is 4.74 Å². The van der Waals surface area contributed by atoms with E-state index in [9.17, 15) is 0 Å². The fraction of sp³-hybridized carbons (Fsp3) is 0.357. The molecule has 0 aliphatic carbocycles. The van der Waals surface area contributed by atoms with Gasteiger partial charge in [0.2, 0.25) is 0 Å². The van der Waals surface area contributed by atoms with Gasteiger partial charge in [-0.05, 0) is 43.7 Å². The molecule has 0 aliphatic rings. The van der Waals surface area contributed by atoms with E-state index in [-0.39, 0.29) is 6.04 Å². The van der Waals surface area contributed by atoms with Gasteiger partial charge in [0.15, 0.2) is 0 Å². The third-order valence-electron chi connectivity index (χ3n) is 3.08. The van der Waals surface area contributed by atoms with Crippen molar-refractivity contribution < 1.29 is 4.74 Å². The average Bonchev–Trinajstić information content (AvgIpc) is 2.76. The topological polar surface area (TPSA) is 39.1 Å². The summed E-state index contributed by atoms with van der Waals surface area (Å²) in [6.07, 6.45) is 1.81. The van der Waals surface area contributed by atoms with Crippen molar-refractivity contribution >= 4 is 5.69 Å². The Hall–Kier alpha value is -1.97. The standard InChI is InChI=1S/C14H19N3O/c1-10-9-12(5-6-14(10)18-4)16-11(2)13-7-8-15-17(13)3/h5-9,11,16H,1-4H3. The van der Waals surface area contributed by atoms with Crippen LogP contribution in [0.15, 0.2) is 30.5 Å². The van der Waals surface area contributed by atoms with Crippen molar-refractivity contribution in [2.45, 2.75) is 19.9 Å². The third-order valence-corrected chi connectivity index (χ3v) is 3.08. The smallest absolute Gasteiger partial charge is 0.121 e. The zero-order valence-corrected chi connectivity index (χ0v) is 11.3. The molecular weight excluding hydrogens is 226 g/mol. The number of rotatable bonds is 4. The lowest BCUT2D eigenvalue weighted by Gasteiger charge is -2.16. The molecule has 1 aromatic heterocycles. The maximum Gasteiger partial charge on any atom is 0.121 e. The van der Waals surface area contributed by atoms with E-state index < -0.39 is 0 Å². The van der Waals surface area contributed by atoms with E-state index in [1.807, 2.05) is 43.0 Å². The number of aromatic nitrogens is 2. The van der Waals surface area contributed by atoms with E-state index in [2.05, 4.69) is 23.4 Å². The molecular formula is C14H19N3O. The zero-order valence-electron chi connectivity index (χ0n) is 11.3. The molecule has 0 bridgehead atoms. The summed E-state index contributed by atoms with van der Waals surface area (Å²) in [6, 6.07) is 8.33. The molecule has 4 nitrogen and oxygen atoms in total. The summed E-state index contributed by atoms with van der Waals surface area (Å²) >= 11 is 0. The van der Waals surface area contributed by atoms with Crippen LogP contribution in [-0.2, 0) is 7.05 Å². The summed E-state index contributed by atoms with van der Waals surface area (Å²) in [6.45, 7) is 4.16. The van der Waals surface area contributed by atoms with Crippen LogP contribution in [0.25, 0.3) is 0 Å². The number of anilines is 1. The number of hydrogen-bond acceptors (Lipinski definition) is 3. The van der Waals surface area contributed by atoms with Crippen molar-refractivity contribution in [3.63, 3.8) is 0 Å². The lowest BCUT2D eigenvalue weighted by Crippen LogP contribution is -2.11. The summed E-state index contributed by atoms with van der Waals surface area (Å²) in [5.41, 5.74) is 3.37. The number of methoxy groups -OCH3 is 1. The second-order valence-electron chi connectivity index (χ2n) is 4.43. The molecule has 2 aromatic rings. The van der Waals surface area contributed by atoms with E-state index in [1.165, 1.54) is 0 Å². The van der Waals surface area contributed by atoms with Crippen LogP contribution < -0.4 is 10.1 Å². The van der Waals surface area contributed by atoms with E-state index in [0.717, 1.165) is 22.7 Å². The quantitative estimate of drug-likeness (QED) is 0.900. The Morgan fingerprint density at radius 2 is 2.11 bits per heavy atom. The van der Waals surface area contributed by atoms with Gasteiger partial charge in [-0.1, -0.05) is 0 Å². The maximum atomic E-state index is 5.25. The maximum absolute atomic E-state index is 5.25. The number of aryl methyl sites for hydroxylation is 2. The normalized spacial score (nSPS) is 12.2. The van der Waals surface area contributed by atoms with Crippen molar-refractivity contribution in [3.05, 3.63) is 41.7 Å². The first-order valence-electron chi connectivity index (χ1n) is 6.01. The molecule has 1 N–H and O–H groups in total. The lowest BCUT2D eigenvalue weighted by molar-refractivity contribution is 0.412. The molecule has 0 aliphatic heterocycles. The fourth-order valence-electron chi connectivity index (χ4n) is 2.10. The molecule has 1 heterocycles. The van der Waals surface area contributed by atoms with Gasteiger partial charge in [-0.3, -0.25) is 4.68 Å². The monoisotopic (exact) mass is 245 g/mol. The molecule has 18 heavy (non-hydrogen) atoms. The Morgan fingerprint density at radius 1 is 1.33 bits per heavy atom. The number of nitrogens with one attached hydrogen (secondary N) is 1. The highest BCUT2D eigenvalue weighted by Crippen LogP contribution is 2.24. The van der Waals surface area contributed by atoms with Crippen molar-refractivity contribution in [2.24, 2.45) is 7.05 Å². The molecule has 0 fully saturated rings. The number of nitrogens with zero attached hydrogens (tertiary/aromatic N) is 2. The van der Waals surface area contributed by atoms with Crippen molar-refractivity contribution in [3.8, 4) is 5.75 Å². The first kappa shape index (κ1) is 12.5. The first-order valence-corrected chi connectivity index (χ1v) is 6.01. The van der Waals surface area contributed by atoms with Crippen LogP contribution >= 0.6 is 0 Å². The summed E-state index contributed by atoms with van der Waals surface area (Å²) in [5.74, 6) is 0.911. The fourth-order valence-corrected chi connectivity index (χ4v) is 2.10. The van der Waals surface area contributed by atoms with Gasteiger partial charge in [0, 0.05) is 18.9 Å². The zero-order chi connectivity index (χ0) is 13.1. The summed E-state index contributed by atoms with van der Waals surface area (Å²) in [4.78, 5) is 0. The largest absolute Gasteiger partial charge is 0.496 e. The van der Waals surface area contributed by atoms with Crippen molar-refractivity contribution in [2.75, 3.05) is 12.4 Å². The molecule has 96 valence electrons. The lowest BCUT2D eigenvalue weighted by atomic mass is 10.1. The van der Waals surface area contributed by atoms with Gasteiger partial charge in [-0.15, -0.1) is 0 Å². The SMILES string of the molecule is COc1ccc(NC(C)c2ccnn2C)cc1C. The highest BCUT2D eigenvalue weighted by Gasteiger charge is 2.09. The number of benzene rings is 1. The predicted octanol–water partition coefficient (Wildman–Crippen LogP) is 2.91. The molecule has 1 aromatic carbocycles. The Balaban J connectivity index is 2.15. The molecule has 0 spiro atoms. The molecule has 0 saturated carbocycles. The summed E-state index contributed by atoms with van der Waals surface area (Å²) in [7, 11) is 3.64. The summed E-state index contributed by atoms with van der Waals surface area (Å²) in [5, 5.41) is 7.64. The van der Waals surface area contributed by atoms with Crippen molar-refractivity contribution in [1.29, 1.82) is 0 Å². The van der Waals surface area contributed by atoms with Crippen LogP contribution in [0.4, 0.5) is 5.69 Å². The van der Waals surface area contributed by atoms with Crippen LogP contribution in [0.2, 0.25) is 0 Å². The second kappa shape index (κ2) is 5.12. The van der Waals surface area contributed by atoms with Crippen LogP contribution in [0.3, 0.4) is 0 Å². The van der Waals surface area contributed by atoms with Crippen LogP contribution in [0.5, 0.6) is 5.75 Å². The minimum absolute atomic E-state index is 0.213. The molecule has 1 unspecified atom stereocenters. The van der Waals surface area contributed by atoms with Gasteiger partial charge in [0.05, 0.1) is 18.8 Å². The molecule has 2 rings (SSSR count). The van der Waals surface area contributed by atoms with Crippen LogP contribution in [0.1, 0.15) is 24.2 Å². The molecule has 1 atom stereocenters. The Bertz CT molecular complexity index is 534. The Morgan fingerprint density at radius 3 is 2.67 bits per heavy atom. The predicted molar refractivity (Wildman–Crippen MR) is 73.0 cm³/mol. The molecule has 4 heteroatoms. The minimum atomic E-state index is 0.213. The minimum Gasteiger partial charge on any atom is -0.496 e. The Labute approximate surface area is 108 Å². The van der Waals surface area contributed by atoms with E-state index >= 15 is 0 Å². The second-order valence-corrected chi connectivity index (χ2v) is 4.43. The molecule has 0 saturated heterocycles. The van der Waals surface area contributed by atoms with Crippen molar-refractivity contribution in [1.82, 2.24) is 9.78 Å². The van der Waals surface area contributed by atoms with Crippen LogP contribution in [0, 0.1) is 6.92 Å². The van der Waals surface area contributed by atoms with Gasteiger partial charge in [0.25, 0.3) is 0 Å². The number of ether oxygens (including phenoxy) is 1. The van der Waals surface area contributed by atoms with Gasteiger partial charge in [-0.25, -0.2) is 0 Å². The van der Waals surface area contributed by atoms with Gasteiger partial charge in [0.1, 0.15) is 5.75 Å². The van der Waals surface area contributed by atoms with Crippen LogP contribution in [-0.4, -0.2) is 16.9 Å². The van der Waals surface area contributed by atoms with E-state index in [1.54, 1.807) is 7.11 Å². The average molecular weight is 245 g/mol.